The van der Waals surface area contributed by atoms with Crippen LogP contribution in [0.4, 0.5) is 0 Å². The Morgan fingerprint density at radius 3 is 0.626 bits per heavy atom. The summed E-state index contributed by atoms with van der Waals surface area (Å²) in [7, 11) is 0. The maximum Gasteiger partial charge on any atom is 0.241 e. The second kappa shape index (κ2) is 24.1. The molecule has 0 saturated carbocycles. The fourth-order valence-corrected chi connectivity index (χ4v) is 17.0. The lowest BCUT2D eigenvalue weighted by molar-refractivity contribution is 0.848. The Labute approximate surface area is 615 Å². The Balaban J connectivity index is 0.735. The van der Waals surface area contributed by atoms with Crippen LogP contribution in [0.2, 0.25) is 0 Å². The number of para-hydroxylation sites is 4. The highest BCUT2D eigenvalue weighted by molar-refractivity contribution is 6.15. The van der Waals surface area contributed by atoms with Gasteiger partial charge in [0, 0.05) is 65.2 Å². The highest BCUT2D eigenvalue weighted by Crippen LogP contribution is 2.44. The van der Waals surface area contributed by atoms with E-state index in [1.54, 1.807) is 0 Å². The minimum Gasteiger partial charge on any atom is -0.309 e. The Morgan fingerprint density at radius 2 is 0.336 bits per heavy atom. The smallest absolute Gasteiger partial charge is 0.241 e. The molecule has 0 aliphatic heterocycles. The van der Waals surface area contributed by atoms with Gasteiger partial charge in [-0.05, 0) is 176 Å². The molecule has 0 fully saturated rings. The van der Waals surface area contributed by atoms with E-state index in [0.717, 1.165) is 121 Å². The molecule has 8 nitrogen and oxygen atoms in total. The third-order valence-electron chi connectivity index (χ3n) is 22.0. The van der Waals surface area contributed by atoms with Gasteiger partial charge in [-0.1, -0.05) is 267 Å². The van der Waals surface area contributed by atoms with E-state index in [1.165, 1.54) is 66.1 Å². The number of aromatic nitrogens is 8. The van der Waals surface area contributed by atoms with Gasteiger partial charge in [-0.15, -0.1) is 0 Å². The SMILES string of the molecule is c1ccc(-c2ccc3c(c2)c2cc(-c4ccccc4)ccc2n3-c2ccc(-c3ccc4c5ccc(-c6ccc(-n7c8ccc(-c9ccccc9)cc8c8cc(-c9ccccc9)ccc87)cc6)cc5n(-c5nc(-n6c7ccccc7c7ccccc76)nc(-n6c7ccccc7c7ccccc76)n5)c4c3)cc2)cc1. The van der Waals surface area contributed by atoms with Crippen LogP contribution in [-0.4, -0.2) is 37.8 Å². The van der Waals surface area contributed by atoms with E-state index in [9.17, 15) is 0 Å². The number of rotatable bonds is 11. The molecule has 6 aromatic heterocycles. The van der Waals surface area contributed by atoms with Gasteiger partial charge in [-0.3, -0.25) is 13.7 Å². The zero-order valence-electron chi connectivity index (χ0n) is 57.9. The van der Waals surface area contributed by atoms with Crippen molar-refractivity contribution in [3.63, 3.8) is 0 Å². The quantitative estimate of drug-likeness (QED) is 0.130. The number of benzene rings is 16. The van der Waals surface area contributed by atoms with Crippen LogP contribution in [0.1, 0.15) is 0 Å². The van der Waals surface area contributed by atoms with Gasteiger partial charge in [0.1, 0.15) is 0 Å². The van der Waals surface area contributed by atoms with Crippen LogP contribution in [-0.2, 0) is 0 Å². The molecule has 107 heavy (non-hydrogen) atoms. The van der Waals surface area contributed by atoms with Crippen LogP contribution in [0.25, 0.3) is 205 Å². The standard InChI is InChI=1S/C99H62N8/c1-5-21-63(22-6-1)69-43-53-91-83(57-69)84-58-70(64-23-7-2-8-24-64)44-54-92(84)103(91)75-47-37-67(38-48-75)73-41-51-81-82-52-42-74(68-39-49-76(50-40-68)104-93-55-45-71(65-25-9-3-10-26-65)59-85(93)86-60-72(46-56-94(86)104)66-27-11-4-12-28-66)62-96(82)107(95(81)61-73)99-101-97(105-87-33-17-13-29-77(87)78-30-14-18-34-88(78)105)100-98(102-99)106-89-35-19-15-31-79(89)80-32-16-20-36-90(80)106/h1-62H. The third-order valence-corrected chi connectivity index (χ3v) is 22.0. The molecule has 0 radical (unpaired) electrons. The lowest BCUT2D eigenvalue weighted by Crippen LogP contribution is -2.13. The van der Waals surface area contributed by atoms with Gasteiger partial charge in [-0.2, -0.15) is 15.0 Å². The first-order valence-electron chi connectivity index (χ1n) is 36.5. The lowest BCUT2D eigenvalue weighted by atomic mass is 10.0. The molecule has 498 valence electrons. The zero-order chi connectivity index (χ0) is 70.2. The van der Waals surface area contributed by atoms with Crippen LogP contribution < -0.4 is 0 Å². The molecule has 22 aromatic rings. The summed E-state index contributed by atoms with van der Waals surface area (Å²) < 4.78 is 11.5. The summed E-state index contributed by atoms with van der Waals surface area (Å²) in [4.78, 5) is 17.1. The molecule has 0 N–H and O–H groups in total. The number of nitrogens with zero attached hydrogens (tertiary/aromatic N) is 8. The molecule has 8 heteroatoms. The van der Waals surface area contributed by atoms with E-state index < -0.39 is 0 Å². The number of fused-ring (bicyclic) bond motifs is 15. The average Bonchev–Trinajstić information content (AvgIpc) is 1.58. The van der Waals surface area contributed by atoms with Crippen molar-refractivity contribution < 1.29 is 0 Å². The summed E-state index contributed by atoms with van der Waals surface area (Å²) in [6.07, 6.45) is 0. The monoisotopic (exact) mass is 1360 g/mol. The highest BCUT2D eigenvalue weighted by Gasteiger charge is 2.25. The van der Waals surface area contributed by atoms with Gasteiger partial charge < -0.3 is 9.13 Å². The Kier molecular flexibility index (Phi) is 13.5. The van der Waals surface area contributed by atoms with E-state index in [0.29, 0.717) is 17.8 Å². The predicted molar refractivity (Wildman–Crippen MR) is 444 cm³/mol. The molecule has 0 saturated heterocycles. The van der Waals surface area contributed by atoms with Gasteiger partial charge in [0.05, 0.1) is 55.2 Å². The van der Waals surface area contributed by atoms with Crippen molar-refractivity contribution in [1.29, 1.82) is 0 Å². The molecule has 0 unspecified atom stereocenters. The Hall–Kier alpha value is -14.5. The molecule has 0 amide bonds. The van der Waals surface area contributed by atoms with Crippen LogP contribution in [0.15, 0.2) is 376 Å². The van der Waals surface area contributed by atoms with Crippen molar-refractivity contribution in [2.75, 3.05) is 0 Å². The second-order valence-corrected chi connectivity index (χ2v) is 27.9. The minimum atomic E-state index is 0.489. The van der Waals surface area contributed by atoms with Crippen LogP contribution >= 0.6 is 0 Å². The van der Waals surface area contributed by atoms with Crippen LogP contribution in [0.5, 0.6) is 0 Å². The van der Waals surface area contributed by atoms with Gasteiger partial charge in [0.25, 0.3) is 0 Å². The number of hydrogen-bond donors (Lipinski definition) is 0. The first kappa shape index (κ1) is 60.1. The van der Waals surface area contributed by atoms with Gasteiger partial charge >= 0.3 is 0 Å². The van der Waals surface area contributed by atoms with E-state index >= 15 is 0 Å². The second-order valence-electron chi connectivity index (χ2n) is 27.9. The zero-order valence-corrected chi connectivity index (χ0v) is 57.9. The Morgan fingerprint density at radius 1 is 0.131 bits per heavy atom. The molecule has 6 heterocycles. The Bertz CT molecular complexity index is 6590. The maximum absolute atomic E-state index is 5.75. The molecule has 22 rings (SSSR count). The molecule has 0 aliphatic carbocycles. The van der Waals surface area contributed by atoms with Crippen molar-refractivity contribution in [3.8, 4) is 96.0 Å². The van der Waals surface area contributed by atoms with Gasteiger partial charge in [-0.25, -0.2) is 0 Å². The van der Waals surface area contributed by atoms with Crippen molar-refractivity contribution in [3.05, 3.63) is 376 Å². The summed E-state index contributed by atoms with van der Waals surface area (Å²) in [5.74, 6) is 1.50. The molecular formula is C99H62N8. The largest absolute Gasteiger partial charge is 0.309 e. The van der Waals surface area contributed by atoms with Crippen molar-refractivity contribution >= 4 is 109 Å². The first-order valence-corrected chi connectivity index (χ1v) is 36.5. The van der Waals surface area contributed by atoms with Crippen molar-refractivity contribution in [2.24, 2.45) is 0 Å². The van der Waals surface area contributed by atoms with E-state index in [-0.39, 0.29) is 0 Å². The molecule has 16 aromatic carbocycles. The average molecular weight is 1360 g/mol. The molecular weight excluding hydrogens is 1300 g/mol. The highest BCUT2D eigenvalue weighted by atomic mass is 15.3. The summed E-state index contributed by atoms with van der Waals surface area (Å²) in [5, 5.41) is 11.4. The maximum atomic E-state index is 5.75. The third kappa shape index (κ3) is 9.66. The topological polar surface area (TPSA) is 63.3 Å². The van der Waals surface area contributed by atoms with Gasteiger partial charge in [0.15, 0.2) is 0 Å². The fraction of sp³-hybridized carbons (Fsp3) is 0. The predicted octanol–water partition coefficient (Wildman–Crippen LogP) is 25.4. The molecule has 0 spiro atoms. The lowest BCUT2D eigenvalue weighted by Gasteiger charge is -2.14. The number of hydrogen-bond acceptors (Lipinski definition) is 3. The summed E-state index contributed by atoms with van der Waals surface area (Å²) in [6, 6.07) is 137. The molecule has 0 aliphatic rings. The van der Waals surface area contributed by atoms with Gasteiger partial charge in [0.2, 0.25) is 17.8 Å². The van der Waals surface area contributed by atoms with Crippen LogP contribution in [0.3, 0.4) is 0 Å². The molecule has 0 bridgehead atoms. The summed E-state index contributed by atoms with van der Waals surface area (Å²) >= 11 is 0. The summed E-state index contributed by atoms with van der Waals surface area (Å²) in [5.41, 5.74) is 26.5. The fourth-order valence-electron chi connectivity index (χ4n) is 17.0. The normalized spacial score (nSPS) is 11.9. The molecule has 0 atom stereocenters. The first-order chi connectivity index (χ1) is 53.0. The van der Waals surface area contributed by atoms with Crippen molar-refractivity contribution in [1.82, 2.24) is 37.8 Å². The minimum absolute atomic E-state index is 0.489. The summed E-state index contributed by atoms with van der Waals surface area (Å²) in [6.45, 7) is 0. The van der Waals surface area contributed by atoms with E-state index in [2.05, 4.69) is 399 Å². The van der Waals surface area contributed by atoms with E-state index in [1.807, 2.05) is 0 Å². The van der Waals surface area contributed by atoms with Crippen LogP contribution in [0, 0.1) is 0 Å². The van der Waals surface area contributed by atoms with Crippen molar-refractivity contribution in [2.45, 2.75) is 0 Å². The van der Waals surface area contributed by atoms with E-state index in [4.69, 9.17) is 15.0 Å².